The van der Waals surface area contributed by atoms with Crippen molar-refractivity contribution < 1.29 is 9.53 Å². The van der Waals surface area contributed by atoms with Crippen molar-refractivity contribution in [3.63, 3.8) is 0 Å². The molecule has 136 valence electrons. The Kier molecular flexibility index (Phi) is 4.76. The molecule has 1 unspecified atom stereocenters. The minimum Gasteiger partial charge on any atom is -0.384 e. The number of rotatable bonds is 3. The lowest BCUT2D eigenvalue weighted by Gasteiger charge is -2.33. The molecule has 3 aromatic rings. The van der Waals surface area contributed by atoms with Gasteiger partial charge in [-0.15, -0.1) is 0 Å². The molecule has 1 saturated heterocycles. The van der Waals surface area contributed by atoms with Crippen molar-refractivity contribution in [3.8, 4) is 11.1 Å². The number of ether oxygens (including phenoxy) is 1. The zero-order valence-corrected chi connectivity index (χ0v) is 14.7. The third-order valence-electron chi connectivity index (χ3n) is 4.51. The first-order chi connectivity index (χ1) is 13.2. The normalized spacial score (nSPS) is 16.9. The van der Waals surface area contributed by atoms with Crippen LogP contribution in [0.25, 0.3) is 11.1 Å². The van der Waals surface area contributed by atoms with E-state index in [4.69, 9.17) is 10.5 Å². The van der Waals surface area contributed by atoms with Gasteiger partial charge < -0.3 is 15.4 Å². The van der Waals surface area contributed by atoms with Crippen molar-refractivity contribution in [2.75, 3.05) is 25.4 Å². The van der Waals surface area contributed by atoms with Crippen LogP contribution in [0.5, 0.6) is 0 Å². The van der Waals surface area contributed by atoms with Crippen LogP contribution in [0.3, 0.4) is 0 Å². The molecule has 0 aliphatic carbocycles. The fourth-order valence-electron chi connectivity index (χ4n) is 3.20. The Bertz CT molecular complexity index is 948. The topological polar surface area (TPSA) is 94.2 Å². The third-order valence-corrected chi connectivity index (χ3v) is 4.51. The van der Waals surface area contributed by atoms with E-state index in [2.05, 4.69) is 15.0 Å². The second-order valence-corrected chi connectivity index (χ2v) is 6.27. The number of carbonyl (C=O) groups excluding carboxylic acids is 1. The number of anilines is 1. The average Bonchev–Trinajstić information content (AvgIpc) is 2.74. The maximum atomic E-state index is 12.8. The van der Waals surface area contributed by atoms with Gasteiger partial charge in [0, 0.05) is 30.1 Å². The number of carbonyl (C=O) groups is 1. The predicted octanol–water partition coefficient (Wildman–Crippen LogP) is 2.33. The number of pyridine rings is 1. The highest BCUT2D eigenvalue weighted by molar-refractivity contribution is 5.94. The summed E-state index contributed by atoms with van der Waals surface area (Å²) in [6, 6.07) is 12.9. The van der Waals surface area contributed by atoms with Gasteiger partial charge in [0.2, 0.25) is 0 Å². The summed E-state index contributed by atoms with van der Waals surface area (Å²) in [5.41, 5.74) is 8.91. The van der Waals surface area contributed by atoms with Gasteiger partial charge in [-0.05, 0) is 29.8 Å². The van der Waals surface area contributed by atoms with Crippen LogP contribution in [-0.4, -0.2) is 45.5 Å². The molecule has 1 fully saturated rings. The van der Waals surface area contributed by atoms with Crippen LogP contribution in [0.2, 0.25) is 0 Å². The number of morpholine rings is 1. The molecule has 7 heteroatoms. The largest absolute Gasteiger partial charge is 0.384 e. The standard InChI is InChI=1S/C20H19N5O2/c21-18-10-15(6-7-23-18)16-11-22-13-24-19(16)17-12-25(8-9-27-17)20(26)14-4-2-1-3-5-14/h1-7,10-11,13,17H,8-9,12H2,(H2,21,23). The van der Waals surface area contributed by atoms with E-state index < -0.39 is 0 Å². The predicted molar refractivity (Wildman–Crippen MR) is 101 cm³/mol. The highest BCUT2D eigenvalue weighted by Gasteiger charge is 2.28. The molecule has 1 aliphatic rings. The van der Waals surface area contributed by atoms with E-state index in [1.807, 2.05) is 36.4 Å². The average molecular weight is 361 g/mol. The lowest BCUT2D eigenvalue weighted by Crippen LogP contribution is -2.42. The van der Waals surface area contributed by atoms with Crippen LogP contribution < -0.4 is 5.73 Å². The molecule has 0 spiro atoms. The van der Waals surface area contributed by atoms with Crippen LogP contribution in [0, 0.1) is 0 Å². The zero-order chi connectivity index (χ0) is 18.6. The summed E-state index contributed by atoms with van der Waals surface area (Å²) in [5.74, 6) is 0.417. The number of hydrogen-bond donors (Lipinski definition) is 1. The first-order valence-electron chi connectivity index (χ1n) is 8.70. The van der Waals surface area contributed by atoms with E-state index in [9.17, 15) is 4.79 Å². The van der Waals surface area contributed by atoms with Gasteiger partial charge in [0.05, 0.1) is 18.8 Å². The van der Waals surface area contributed by atoms with Gasteiger partial charge in [-0.25, -0.2) is 15.0 Å². The summed E-state index contributed by atoms with van der Waals surface area (Å²) in [5, 5.41) is 0. The van der Waals surface area contributed by atoms with Crippen LogP contribution in [0.15, 0.2) is 61.2 Å². The Hall–Kier alpha value is -3.32. The van der Waals surface area contributed by atoms with Crippen LogP contribution in [-0.2, 0) is 4.74 Å². The molecule has 4 rings (SSSR count). The Morgan fingerprint density at radius 3 is 2.85 bits per heavy atom. The lowest BCUT2D eigenvalue weighted by molar-refractivity contribution is -0.0245. The van der Waals surface area contributed by atoms with Crippen molar-refractivity contribution in [2.24, 2.45) is 0 Å². The molecule has 3 heterocycles. The first kappa shape index (κ1) is 17.1. The van der Waals surface area contributed by atoms with E-state index in [1.165, 1.54) is 6.33 Å². The quantitative estimate of drug-likeness (QED) is 0.769. The summed E-state index contributed by atoms with van der Waals surface area (Å²) in [7, 11) is 0. The van der Waals surface area contributed by atoms with Gasteiger partial charge >= 0.3 is 0 Å². The van der Waals surface area contributed by atoms with Gasteiger partial charge in [-0.1, -0.05) is 18.2 Å². The first-order valence-corrected chi connectivity index (χ1v) is 8.70. The van der Waals surface area contributed by atoms with E-state index in [0.29, 0.717) is 31.1 Å². The summed E-state index contributed by atoms with van der Waals surface area (Å²) >= 11 is 0. The molecule has 1 aliphatic heterocycles. The van der Waals surface area contributed by atoms with Gasteiger partial charge in [-0.2, -0.15) is 0 Å². The number of amides is 1. The van der Waals surface area contributed by atoms with Crippen molar-refractivity contribution in [3.05, 3.63) is 72.4 Å². The van der Waals surface area contributed by atoms with Crippen LogP contribution in [0.1, 0.15) is 22.2 Å². The number of nitrogens with zero attached hydrogens (tertiary/aromatic N) is 4. The Balaban J connectivity index is 1.62. The van der Waals surface area contributed by atoms with Gasteiger partial charge in [-0.3, -0.25) is 4.79 Å². The zero-order valence-electron chi connectivity index (χ0n) is 14.7. The van der Waals surface area contributed by atoms with Crippen molar-refractivity contribution in [1.82, 2.24) is 19.9 Å². The summed E-state index contributed by atoms with van der Waals surface area (Å²) < 4.78 is 5.94. The highest BCUT2D eigenvalue weighted by Crippen LogP contribution is 2.30. The molecule has 0 bridgehead atoms. The molecule has 0 radical (unpaired) electrons. The number of hydrogen-bond acceptors (Lipinski definition) is 6. The van der Waals surface area contributed by atoms with E-state index >= 15 is 0 Å². The van der Waals surface area contributed by atoms with E-state index in [0.717, 1.165) is 16.8 Å². The second-order valence-electron chi connectivity index (χ2n) is 6.27. The lowest BCUT2D eigenvalue weighted by atomic mass is 10.0. The second kappa shape index (κ2) is 7.51. The Morgan fingerprint density at radius 1 is 1.19 bits per heavy atom. The minimum atomic E-state index is -0.334. The van der Waals surface area contributed by atoms with E-state index in [-0.39, 0.29) is 12.0 Å². The molecule has 2 N–H and O–H groups in total. The minimum absolute atomic E-state index is 0.00679. The molecule has 27 heavy (non-hydrogen) atoms. The van der Waals surface area contributed by atoms with Crippen molar-refractivity contribution in [2.45, 2.75) is 6.10 Å². The van der Waals surface area contributed by atoms with Gasteiger partial charge in [0.1, 0.15) is 18.2 Å². The van der Waals surface area contributed by atoms with Gasteiger partial charge in [0.15, 0.2) is 0 Å². The summed E-state index contributed by atoms with van der Waals surface area (Å²) in [6.45, 7) is 1.43. The monoisotopic (exact) mass is 361 g/mol. The van der Waals surface area contributed by atoms with Crippen LogP contribution in [0.4, 0.5) is 5.82 Å². The molecule has 1 atom stereocenters. The summed E-state index contributed by atoms with van der Waals surface area (Å²) in [6.07, 6.45) is 4.54. The van der Waals surface area contributed by atoms with Crippen LogP contribution >= 0.6 is 0 Å². The number of benzene rings is 1. The number of aromatic nitrogens is 3. The van der Waals surface area contributed by atoms with Crippen molar-refractivity contribution >= 4 is 11.7 Å². The molecule has 7 nitrogen and oxygen atoms in total. The fraction of sp³-hybridized carbons (Fsp3) is 0.200. The molecule has 1 aromatic carbocycles. The maximum Gasteiger partial charge on any atom is 0.254 e. The Morgan fingerprint density at radius 2 is 2.04 bits per heavy atom. The third kappa shape index (κ3) is 3.63. The summed E-state index contributed by atoms with van der Waals surface area (Å²) in [4.78, 5) is 27.2. The van der Waals surface area contributed by atoms with Gasteiger partial charge in [0.25, 0.3) is 5.91 Å². The SMILES string of the molecule is Nc1cc(-c2cncnc2C2CN(C(=O)c3ccccc3)CCO2)ccn1. The maximum absolute atomic E-state index is 12.8. The molecular weight excluding hydrogens is 342 g/mol. The molecular formula is C20H19N5O2. The molecule has 2 aromatic heterocycles. The Labute approximate surface area is 156 Å². The fourth-order valence-corrected chi connectivity index (χ4v) is 3.20. The smallest absolute Gasteiger partial charge is 0.254 e. The highest BCUT2D eigenvalue weighted by atomic mass is 16.5. The number of nitrogens with two attached hydrogens (primary N) is 1. The molecule has 1 amide bonds. The van der Waals surface area contributed by atoms with Crippen molar-refractivity contribution in [1.29, 1.82) is 0 Å². The van der Waals surface area contributed by atoms with E-state index in [1.54, 1.807) is 23.4 Å². The number of nitrogen functional groups attached to an aromatic ring is 1. The molecule has 0 saturated carbocycles.